The Morgan fingerprint density at radius 3 is 2.75 bits per heavy atom. The van der Waals surface area contributed by atoms with Crippen LogP contribution in [0.15, 0.2) is 36.7 Å². The predicted octanol–water partition coefficient (Wildman–Crippen LogP) is 3.11. The minimum absolute atomic E-state index is 0.141. The molecule has 3 atom stereocenters. The summed E-state index contributed by atoms with van der Waals surface area (Å²) in [6.07, 6.45) is 2.77. The van der Waals surface area contributed by atoms with Gasteiger partial charge in [-0.1, -0.05) is 12.1 Å². The lowest BCUT2D eigenvalue weighted by Gasteiger charge is -2.17. The van der Waals surface area contributed by atoms with E-state index in [0.717, 1.165) is 11.4 Å². The van der Waals surface area contributed by atoms with Crippen molar-refractivity contribution in [3.8, 4) is 0 Å². The fourth-order valence-electron chi connectivity index (χ4n) is 3.01. The van der Waals surface area contributed by atoms with E-state index in [1.165, 1.54) is 0 Å². The number of ether oxygens (including phenoxy) is 1. The summed E-state index contributed by atoms with van der Waals surface area (Å²) in [6.45, 7) is 4.88. The second-order valence-electron chi connectivity index (χ2n) is 6.19. The maximum atomic E-state index is 14.1. The largest absolute Gasteiger partial charge is 0.381 e. The zero-order chi connectivity index (χ0) is 17.1. The number of aryl methyl sites for hydroxylation is 1. The first-order valence-corrected chi connectivity index (χ1v) is 8.18. The van der Waals surface area contributed by atoms with Crippen LogP contribution in [-0.2, 0) is 9.53 Å². The Kier molecular flexibility index (Phi) is 4.94. The van der Waals surface area contributed by atoms with Crippen LogP contribution in [0.1, 0.15) is 30.8 Å². The number of hydrogen-bond acceptors (Lipinski definition) is 3. The smallest absolute Gasteiger partial charge is 0.259 e. The van der Waals surface area contributed by atoms with Gasteiger partial charge in [-0.15, -0.1) is 0 Å². The van der Waals surface area contributed by atoms with Crippen LogP contribution in [-0.4, -0.2) is 34.8 Å². The van der Waals surface area contributed by atoms with Gasteiger partial charge in [-0.25, -0.2) is 9.37 Å². The van der Waals surface area contributed by atoms with Gasteiger partial charge in [0.25, 0.3) is 5.91 Å². The third-order valence-corrected chi connectivity index (χ3v) is 4.57. The number of rotatable bonds is 5. The van der Waals surface area contributed by atoms with Crippen molar-refractivity contribution >= 4 is 11.6 Å². The second kappa shape index (κ2) is 7.13. The monoisotopic (exact) mass is 331 g/mol. The van der Waals surface area contributed by atoms with Crippen LogP contribution in [0.5, 0.6) is 0 Å². The molecule has 0 aliphatic carbocycles. The summed E-state index contributed by atoms with van der Waals surface area (Å²) in [5, 5.41) is 2.64. The highest BCUT2D eigenvalue weighted by Crippen LogP contribution is 2.23. The van der Waals surface area contributed by atoms with Crippen molar-refractivity contribution in [3.05, 3.63) is 48.0 Å². The van der Waals surface area contributed by atoms with E-state index in [1.807, 2.05) is 25.3 Å². The molecule has 1 aliphatic rings. The SMILES string of the molecule is Cc1nccn1[C@@H](C)c1ccc(NC(=O)C(F)C2CCOC2)cc1. The highest BCUT2D eigenvalue weighted by Gasteiger charge is 2.31. The first kappa shape index (κ1) is 16.6. The molecule has 24 heavy (non-hydrogen) atoms. The highest BCUT2D eigenvalue weighted by atomic mass is 19.1. The minimum atomic E-state index is -1.53. The molecule has 0 radical (unpaired) electrons. The molecular formula is C18H22FN3O2. The van der Waals surface area contributed by atoms with E-state index in [2.05, 4.69) is 21.8 Å². The zero-order valence-electron chi connectivity index (χ0n) is 13.9. The Labute approximate surface area is 140 Å². The molecule has 1 aromatic carbocycles. The lowest BCUT2D eigenvalue weighted by atomic mass is 10.0. The van der Waals surface area contributed by atoms with Gasteiger partial charge in [0.1, 0.15) is 5.82 Å². The fourth-order valence-corrected chi connectivity index (χ4v) is 3.01. The number of carbonyl (C=O) groups is 1. The maximum absolute atomic E-state index is 14.1. The lowest BCUT2D eigenvalue weighted by molar-refractivity contribution is -0.122. The lowest BCUT2D eigenvalue weighted by Crippen LogP contribution is -2.31. The molecule has 1 amide bonds. The molecule has 3 rings (SSSR count). The van der Waals surface area contributed by atoms with Crippen molar-refractivity contribution < 1.29 is 13.9 Å². The number of imidazole rings is 1. The van der Waals surface area contributed by atoms with Gasteiger partial charge in [0.15, 0.2) is 6.17 Å². The number of nitrogens with one attached hydrogen (secondary N) is 1. The van der Waals surface area contributed by atoms with Gasteiger partial charge in [0.05, 0.1) is 12.6 Å². The summed E-state index contributed by atoms with van der Waals surface area (Å²) >= 11 is 0. The first-order chi connectivity index (χ1) is 11.6. The molecule has 1 N–H and O–H groups in total. The number of amides is 1. The van der Waals surface area contributed by atoms with E-state index in [0.29, 0.717) is 25.3 Å². The zero-order valence-corrected chi connectivity index (χ0v) is 13.9. The Hall–Kier alpha value is -2.21. The van der Waals surface area contributed by atoms with Gasteiger partial charge < -0.3 is 14.6 Å². The number of hydrogen-bond donors (Lipinski definition) is 1. The summed E-state index contributed by atoms with van der Waals surface area (Å²) in [5.41, 5.74) is 1.69. The molecule has 6 heteroatoms. The number of anilines is 1. The average Bonchev–Trinajstić information content (AvgIpc) is 3.25. The third-order valence-electron chi connectivity index (χ3n) is 4.57. The van der Waals surface area contributed by atoms with Crippen LogP contribution in [0.3, 0.4) is 0 Å². The maximum Gasteiger partial charge on any atom is 0.259 e. The van der Waals surface area contributed by atoms with Gasteiger partial charge in [-0.05, 0) is 38.0 Å². The molecular weight excluding hydrogens is 309 g/mol. The first-order valence-electron chi connectivity index (χ1n) is 8.18. The number of aromatic nitrogens is 2. The van der Waals surface area contributed by atoms with E-state index < -0.39 is 12.1 Å². The molecule has 2 unspecified atom stereocenters. The van der Waals surface area contributed by atoms with Crippen LogP contribution >= 0.6 is 0 Å². The quantitative estimate of drug-likeness (QED) is 0.916. The van der Waals surface area contributed by atoms with Crippen LogP contribution in [0.2, 0.25) is 0 Å². The number of nitrogens with zero attached hydrogens (tertiary/aromatic N) is 2. The summed E-state index contributed by atoms with van der Waals surface area (Å²) in [4.78, 5) is 16.2. The number of benzene rings is 1. The average molecular weight is 331 g/mol. The molecule has 1 fully saturated rings. The van der Waals surface area contributed by atoms with Crippen LogP contribution < -0.4 is 5.32 Å². The van der Waals surface area contributed by atoms with Gasteiger partial charge in [-0.3, -0.25) is 4.79 Å². The topological polar surface area (TPSA) is 56.2 Å². The van der Waals surface area contributed by atoms with Crippen molar-refractivity contribution in [1.29, 1.82) is 0 Å². The van der Waals surface area contributed by atoms with Gasteiger partial charge in [0.2, 0.25) is 0 Å². The Bertz CT molecular complexity index is 693. The predicted molar refractivity (Wildman–Crippen MR) is 89.7 cm³/mol. The molecule has 0 spiro atoms. The van der Waals surface area contributed by atoms with Crippen LogP contribution in [0.25, 0.3) is 0 Å². The third kappa shape index (κ3) is 3.48. The molecule has 0 bridgehead atoms. The Balaban J connectivity index is 1.64. The number of halogens is 1. The number of carbonyl (C=O) groups excluding carboxylic acids is 1. The normalized spacial score (nSPS) is 19.9. The summed E-state index contributed by atoms with van der Waals surface area (Å²) in [6, 6.07) is 7.61. The van der Waals surface area contributed by atoms with Crippen molar-refractivity contribution in [2.45, 2.75) is 32.5 Å². The van der Waals surface area contributed by atoms with Gasteiger partial charge >= 0.3 is 0 Å². The Morgan fingerprint density at radius 1 is 1.42 bits per heavy atom. The van der Waals surface area contributed by atoms with Gasteiger partial charge in [-0.2, -0.15) is 0 Å². The van der Waals surface area contributed by atoms with E-state index in [1.54, 1.807) is 18.3 Å². The van der Waals surface area contributed by atoms with E-state index in [9.17, 15) is 9.18 Å². The van der Waals surface area contributed by atoms with Crippen LogP contribution in [0, 0.1) is 12.8 Å². The van der Waals surface area contributed by atoms with Crippen molar-refractivity contribution in [2.24, 2.45) is 5.92 Å². The minimum Gasteiger partial charge on any atom is -0.381 e. The van der Waals surface area contributed by atoms with Crippen molar-refractivity contribution in [1.82, 2.24) is 9.55 Å². The molecule has 5 nitrogen and oxygen atoms in total. The van der Waals surface area contributed by atoms with Gasteiger partial charge in [0, 0.05) is 30.6 Å². The molecule has 0 saturated carbocycles. The molecule has 128 valence electrons. The van der Waals surface area contributed by atoms with Crippen molar-refractivity contribution in [3.63, 3.8) is 0 Å². The Morgan fingerprint density at radius 2 is 2.17 bits per heavy atom. The summed E-state index contributed by atoms with van der Waals surface area (Å²) in [7, 11) is 0. The van der Waals surface area contributed by atoms with Crippen LogP contribution in [0.4, 0.5) is 10.1 Å². The van der Waals surface area contributed by atoms with E-state index >= 15 is 0 Å². The summed E-state index contributed by atoms with van der Waals surface area (Å²) in [5.74, 6) is 0.00389. The fraction of sp³-hybridized carbons (Fsp3) is 0.444. The molecule has 1 aromatic heterocycles. The highest BCUT2D eigenvalue weighted by molar-refractivity contribution is 5.94. The molecule has 1 aliphatic heterocycles. The van der Waals surface area contributed by atoms with Crippen molar-refractivity contribution in [2.75, 3.05) is 18.5 Å². The molecule has 1 saturated heterocycles. The van der Waals surface area contributed by atoms with E-state index in [4.69, 9.17) is 4.74 Å². The number of alkyl halides is 1. The standard InChI is InChI=1S/C18H22FN3O2/c1-12(22-9-8-20-13(22)2)14-3-5-16(6-4-14)21-18(23)17(19)15-7-10-24-11-15/h3-6,8-9,12,15,17H,7,10-11H2,1-2H3,(H,21,23)/t12-,15?,17?/m0/s1. The second-order valence-corrected chi connectivity index (χ2v) is 6.19. The summed E-state index contributed by atoms with van der Waals surface area (Å²) < 4.78 is 21.3. The molecule has 2 aromatic rings. The van der Waals surface area contributed by atoms with E-state index in [-0.39, 0.29) is 12.0 Å². The molecule has 2 heterocycles.